The Balaban J connectivity index is 1.64. The molecule has 0 saturated carbocycles. The number of hydrogen-bond acceptors (Lipinski definition) is 3. The number of hydrogen-bond donors (Lipinski definition) is 2. The van der Waals surface area contributed by atoms with Crippen molar-refractivity contribution in [3.63, 3.8) is 0 Å². The van der Waals surface area contributed by atoms with Crippen LogP contribution < -0.4 is 5.32 Å². The second kappa shape index (κ2) is 7.60. The summed E-state index contributed by atoms with van der Waals surface area (Å²) in [6, 6.07) is 20.0. The van der Waals surface area contributed by atoms with Gasteiger partial charge in [-0.1, -0.05) is 60.7 Å². The lowest BCUT2D eigenvalue weighted by molar-refractivity contribution is -0.130. The highest BCUT2D eigenvalue weighted by molar-refractivity contribution is 5.81. The Hall–Kier alpha value is -2.17. The van der Waals surface area contributed by atoms with Gasteiger partial charge < -0.3 is 10.4 Å². The van der Waals surface area contributed by atoms with E-state index in [1.807, 2.05) is 48.5 Å². The lowest BCUT2D eigenvalue weighted by Gasteiger charge is -2.27. The number of aliphatic hydroxyl groups excluding tert-OH is 1. The smallest absolute Gasteiger partial charge is 0.249 e. The highest BCUT2D eigenvalue weighted by Gasteiger charge is 2.34. The fourth-order valence-corrected chi connectivity index (χ4v) is 3.44. The highest BCUT2D eigenvalue weighted by Crippen LogP contribution is 2.30. The highest BCUT2D eigenvalue weighted by atomic mass is 16.3. The molecule has 24 heavy (non-hydrogen) atoms. The first-order valence-corrected chi connectivity index (χ1v) is 8.42. The Kier molecular flexibility index (Phi) is 5.28. The van der Waals surface area contributed by atoms with Gasteiger partial charge in [0.2, 0.25) is 5.91 Å². The van der Waals surface area contributed by atoms with Crippen LogP contribution in [0, 0.1) is 0 Å². The minimum absolute atomic E-state index is 0.0234. The van der Waals surface area contributed by atoms with E-state index in [1.165, 1.54) is 5.56 Å². The number of amides is 1. The van der Waals surface area contributed by atoms with E-state index in [4.69, 9.17) is 0 Å². The molecule has 1 amide bonds. The molecule has 0 bridgehead atoms. The van der Waals surface area contributed by atoms with E-state index in [-0.39, 0.29) is 18.0 Å². The summed E-state index contributed by atoms with van der Waals surface area (Å²) in [5.74, 6) is -0.292. The number of rotatable bonds is 5. The monoisotopic (exact) mass is 324 g/mol. The zero-order chi connectivity index (χ0) is 16.9. The molecule has 1 saturated heterocycles. The predicted octanol–water partition coefficient (Wildman–Crippen LogP) is 2.15. The number of nitrogens with one attached hydrogen (secondary N) is 1. The van der Waals surface area contributed by atoms with Crippen LogP contribution in [-0.2, 0) is 11.2 Å². The Morgan fingerprint density at radius 1 is 1.17 bits per heavy atom. The van der Waals surface area contributed by atoms with Gasteiger partial charge in [0.25, 0.3) is 0 Å². The van der Waals surface area contributed by atoms with Crippen LogP contribution in [0.5, 0.6) is 0 Å². The fourth-order valence-electron chi connectivity index (χ4n) is 3.44. The number of nitrogens with zero attached hydrogens (tertiary/aromatic N) is 1. The van der Waals surface area contributed by atoms with Gasteiger partial charge in [0.1, 0.15) is 6.10 Å². The van der Waals surface area contributed by atoms with Crippen molar-refractivity contribution in [2.75, 3.05) is 13.6 Å². The molecule has 3 atom stereocenters. The van der Waals surface area contributed by atoms with E-state index >= 15 is 0 Å². The molecule has 1 aliphatic heterocycles. The van der Waals surface area contributed by atoms with Crippen molar-refractivity contribution in [2.24, 2.45) is 0 Å². The number of benzene rings is 2. The minimum atomic E-state index is -1.02. The Morgan fingerprint density at radius 2 is 1.79 bits per heavy atom. The van der Waals surface area contributed by atoms with Crippen molar-refractivity contribution in [1.82, 2.24) is 10.2 Å². The zero-order valence-corrected chi connectivity index (χ0v) is 13.9. The van der Waals surface area contributed by atoms with Gasteiger partial charge in [-0.25, -0.2) is 0 Å². The largest absolute Gasteiger partial charge is 0.383 e. The van der Waals surface area contributed by atoms with Gasteiger partial charge in [0.15, 0.2) is 0 Å². The Bertz CT molecular complexity index is 660. The maximum absolute atomic E-state index is 12.4. The van der Waals surface area contributed by atoms with Gasteiger partial charge in [-0.15, -0.1) is 0 Å². The van der Waals surface area contributed by atoms with E-state index in [9.17, 15) is 9.90 Å². The maximum Gasteiger partial charge on any atom is 0.249 e. The molecular weight excluding hydrogens is 300 g/mol. The lowest BCUT2D eigenvalue weighted by Crippen LogP contribution is -2.44. The molecule has 4 heteroatoms. The van der Waals surface area contributed by atoms with Gasteiger partial charge in [-0.3, -0.25) is 9.69 Å². The van der Waals surface area contributed by atoms with Crippen LogP contribution in [-0.4, -0.2) is 41.7 Å². The van der Waals surface area contributed by atoms with Gasteiger partial charge in [0.05, 0.1) is 6.04 Å². The van der Waals surface area contributed by atoms with Crippen LogP contribution in [0.25, 0.3) is 0 Å². The molecule has 1 heterocycles. The van der Waals surface area contributed by atoms with Gasteiger partial charge in [0, 0.05) is 19.0 Å². The van der Waals surface area contributed by atoms with E-state index in [0.29, 0.717) is 6.42 Å². The average Bonchev–Trinajstić information content (AvgIpc) is 2.97. The molecule has 1 aliphatic rings. The first-order valence-electron chi connectivity index (χ1n) is 8.42. The van der Waals surface area contributed by atoms with Crippen molar-refractivity contribution in [3.8, 4) is 0 Å². The number of likely N-dealkylation sites (tertiary alicyclic amines) is 1. The van der Waals surface area contributed by atoms with Gasteiger partial charge >= 0.3 is 0 Å². The topological polar surface area (TPSA) is 52.6 Å². The first kappa shape index (κ1) is 16.7. The van der Waals surface area contributed by atoms with E-state index < -0.39 is 6.10 Å². The molecule has 0 radical (unpaired) electrons. The van der Waals surface area contributed by atoms with Crippen LogP contribution in [0.4, 0.5) is 0 Å². The van der Waals surface area contributed by atoms with Gasteiger partial charge in [-0.2, -0.15) is 0 Å². The molecule has 2 N–H and O–H groups in total. The van der Waals surface area contributed by atoms with E-state index in [0.717, 1.165) is 18.5 Å². The Morgan fingerprint density at radius 3 is 2.46 bits per heavy atom. The molecule has 3 rings (SSSR count). The van der Waals surface area contributed by atoms with Crippen molar-refractivity contribution in [3.05, 3.63) is 71.8 Å². The molecule has 2 aromatic carbocycles. The normalized spacial score (nSPS) is 22.2. The Labute approximate surface area is 143 Å². The number of likely N-dealkylation sites (N-methyl/N-ethyl adjacent to an activating group) is 1. The van der Waals surface area contributed by atoms with Crippen molar-refractivity contribution in [1.29, 1.82) is 0 Å². The van der Waals surface area contributed by atoms with E-state index in [2.05, 4.69) is 29.4 Å². The molecule has 126 valence electrons. The molecule has 2 aromatic rings. The summed E-state index contributed by atoms with van der Waals surface area (Å²) in [5, 5.41) is 13.3. The summed E-state index contributed by atoms with van der Waals surface area (Å²) in [5.41, 5.74) is 2.16. The predicted molar refractivity (Wildman–Crippen MR) is 94.5 cm³/mol. The number of carbonyl (C=O) groups excluding carboxylic acids is 1. The second-order valence-corrected chi connectivity index (χ2v) is 6.45. The summed E-state index contributed by atoms with van der Waals surface area (Å²) in [7, 11) is 2.07. The second-order valence-electron chi connectivity index (χ2n) is 6.45. The molecular formula is C20H24N2O2. The standard InChI is InChI=1S/C20H24N2O2/c1-22-13-12-17(19(22)16-10-6-3-7-11-16)21-20(24)18(23)14-15-8-4-2-5-9-15/h2-11,17-19,23H,12-14H2,1H3,(H,21,24)/t17-,18-,19-/m0/s1. The number of carbonyl (C=O) groups is 1. The van der Waals surface area contributed by atoms with Crippen LogP contribution in [0.2, 0.25) is 0 Å². The summed E-state index contributed by atoms with van der Waals surface area (Å²) in [6.45, 7) is 0.930. The van der Waals surface area contributed by atoms with Crippen molar-refractivity contribution >= 4 is 5.91 Å². The molecule has 1 fully saturated rings. The zero-order valence-electron chi connectivity index (χ0n) is 13.9. The summed E-state index contributed by atoms with van der Waals surface area (Å²) < 4.78 is 0. The summed E-state index contributed by atoms with van der Waals surface area (Å²) >= 11 is 0. The van der Waals surface area contributed by atoms with Crippen LogP contribution in [0.1, 0.15) is 23.6 Å². The third-order valence-corrected chi connectivity index (χ3v) is 4.69. The molecule has 0 unspecified atom stereocenters. The molecule has 0 spiro atoms. The number of aliphatic hydroxyl groups is 1. The van der Waals surface area contributed by atoms with Crippen molar-refractivity contribution in [2.45, 2.75) is 31.0 Å². The quantitative estimate of drug-likeness (QED) is 0.886. The third kappa shape index (κ3) is 3.83. The summed E-state index contributed by atoms with van der Waals surface area (Å²) in [6.07, 6.45) is 0.209. The average molecular weight is 324 g/mol. The SMILES string of the molecule is CN1CC[C@H](NC(=O)[C@@H](O)Cc2ccccc2)[C@@H]1c1ccccc1. The van der Waals surface area contributed by atoms with Gasteiger partial charge in [-0.05, 0) is 24.6 Å². The van der Waals surface area contributed by atoms with Crippen LogP contribution >= 0.6 is 0 Å². The van der Waals surface area contributed by atoms with Crippen LogP contribution in [0.15, 0.2) is 60.7 Å². The van der Waals surface area contributed by atoms with E-state index in [1.54, 1.807) is 0 Å². The molecule has 0 aromatic heterocycles. The van der Waals surface area contributed by atoms with Crippen LogP contribution in [0.3, 0.4) is 0 Å². The first-order chi connectivity index (χ1) is 11.6. The van der Waals surface area contributed by atoms with Crippen molar-refractivity contribution < 1.29 is 9.90 Å². The fraction of sp³-hybridized carbons (Fsp3) is 0.350. The summed E-state index contributed by atoms with van der Waals surface area (Å²) in [4.78, 5) is 14.7. The minimum Gasteiger partial charge on any atom is -0.383 e. The maximum atomic E-state index is 12.4. The third-order valence-electron chi connectivity index (χ3n) is 4.69. The molecule has 4 nitrogen and oxygen atoms in total. The molecule has 0 aliphatic carbocycles. The lowest BCUT2D eigenvalue weighted by atomic mass is 9.99.